The lowest BCUT2D eigenvalue weighted by Gasteiger charge is -2.23. The van der Waals surface area contributed by atoms with Crippen LogP contribution >= 0.6 is 11.6 Å². The first-order chi connectivity index (χ1) is 8.77. The molecule has 1 aromatic rings. The van der Waals surface area contributed by atoms with Crippen LogP contribution in [0, 0.1) is 0 Å². The van der Waals surface area contributed by atoms with E-state index in [9.17, 15) is 0 Å². The van der Waals surface area contributed by atoms with Gasteiger partial charge in [-0.05, 0) is 12.8 Å². The monoisotopic (exact) mass is 274 g/mol. The summed E-state index contributed by atoms with van der Waals surface area (Å²) in [6, 6.07) is -0.139. The summed E-state index contributed by atoms with van der Waals surface area (Å²) < 4.78 is 12.6. The third-order valence-corrected chi connectivity index (χ3v) is 3.44. The van der Waals surface area contributed by atoms with Gasteiger partial charge in [-0.1, -0.05) is 11.6 Å². The molecule has 0 bridgehead atoms. The Balaban J connectivity index is 2.20. The molecule has 0 spiro atoms. The number of rotatable bonds is 6. The maximum atomic E-state index is 6.20. The summed E-state index contributed by atoms with van der Waals surface area (Å²) in [5.74, 6) is 5.65. The van der Waals surface area contributed by atoms with Crippen LogP contribution in [-0.4, -0.2) is 36.2 Å². The highest BCUT2D eigenvalue weighted by Crippen LogP contribution is 2.30. The number of hydrazine groups is 1. The van der Waals surface area contributed by atoms with E-state index in [1.807, 2.05) is 4.68 Å². The second kappa shape index (κ2) is 6.49. The summed E-state index contributed by atoms with van der Waals surface area (Å²) in [5.41, 5.74) is 3.66. The Bertz CT molecular complexity index is 379. The second-order valence-corrected chi connectivity index (χ2v) is 4.70. The zero-order valence-corrected chi connectivity index (χ0v) is 11.2. The number of nitrogens with zero attached hydrogens (tertiary/aromatic N) is 2. The Morgan fingerprint density at radius 1 is 1.78 bits per heavy atom. The first-order valence-corrected chi connectivity index (χ1v) is 6.43. The fourth-order valence-corrected chi connectivity index (χ4v) is 2.52. The minimum absolute atomic E-state index is 0.0468. The van der Waals surface area contributed by atoms with Gasteiger partial charge in [0.15, 0.2) is 0 Å². The van der Waals surface area contributed by atoms with E-state index in [0.717, 1.165) is 25.1 Å². The zero-order valence-electron chi connectivity index (χ0n) is 10.4. The molecule has 0 radical (unpaired) electrons. The van der Waals surface area contributed by atoms with Crippen molar-refractivity contribution in [2.75, 3.05) is 20.3 Å². The molecule has 6 nitrogen and oxygen atoms in total. The zero-order chi connectivity index (χ0) is 13.0. The highest BCUT2D eigenvalue weighted by Gasteiger charge is 2.30. The van der Waals surface area contributed by atoms with Crippen LogP contribution < -0.4 is 11.3 Å². The molecule has 0 amide bonds. The molecule has 18 heavy (non-hydrogen) atoms. The Kier molecular flexibility index (Phi) is 4.96. The summed E-state index contributed by atoms with van der Waals surface area (Å²) >= 11 is 6.20. The fraction of sp³-hybridized carbons (Fsp3) is 0.727. The van der Waals surface area contributed by atoms with Crippen molar-refractivity contribution in [3.63, 3.8) is 0 Å². The molecule has 1 aliphatic rings. The Morgan fingerprint density at radius 2 is 2.61 bits per heavy atom. The highest BCUT2D eigenvalue weighted by molar-refractivity contribution is 6.31. The van der Waals surface area contributed by atoms with Gasteiger partial charge in [0.05, 0.1) is 42.2 Å². The predicted octanol–water partition coefficient (Wildman–Crippen LogP) is 0.866. The number of methoxy groups -OCH3 is 1. The van der Waals surface area contributed by atoms with Crippen LogP contribution in [0.3, 0.4) is 0 Å². The molecular weight excluding hydrogens is 256 g/mol. The molecule has 1 aromatic heterocycles. The first-order valence-electron chi connectivity index (χ1n) is 6.05. The maximum absolute atomic E-state index is 6.20. The van der Waals surface area contributed by atoms with Crippen molar-refractivity contribution in [2.45, 2.75) is 31.5 Å². The van der Waals surface area contributed by atoms with Crippen LogP contribution in [0.4, 0.5) is 0 Å². The van der Waals surface area contributed by atoms with E-state index < -0.39 is 0 Å². The Morgan fingerprint density at radius 3 is 3.22 bits per heavy atom. The maximum Gasteiger partial charge on any atom is 0.0905 e. The number of hydrogen-bond acceptors (Lipinski definition) is 5. The molecule has 2 unspecified atom stereocenters. The molecule has 3 N–H and O–H groups in total. The van der Waals surface area contributed by atoms with E-state index in [0.29, 0.717) is 18.2 Å². The van der Waals surface area contributed by atoms with Crippen molar-refractivity contribution in [3.05, 3.63) is 16.9 Å². The van der Waals surface area contributed by atoms with Crippen molar-refractivity contribution in [2.24, 2.45) is 5.84 Å². The Labute approximate surface area is 111 Å². The van der Waals surface area contributed by atoms with Gasteiger partial charge in [-0.25, -0.2) is 5.43 Å². The van der Waals surface area contributed by atoms with Crippen molar-refractivity contribution in [3.8, 4) is 0 Å². The van der Waals surface area contributed by atoms with Gasteiger partial charge in [-0.2, -0.15) is 5.10 Å². The van der Waals surface area contributed by atoms with Gasteiger partial charge in [0.2, 0.25) is 0 Å². The average Bonchev–Trinajstić information content (AvgIpc) is 3.00. The molecular formula is C11H19ClN4O2. The van der Waals surface area contributed by atoms with Gasteiger partial charge in [0.1, 0.15) is 0 Å². The van der Waals surface area contributed by atoms with E-state index >= 15 is 0 Å². The lowest BCUT2D eigenvalue weighted by Crippen LogP contribution is -2.38. The van der Waals surface area contributed by atoms with E-state index in [2.05, 4.69) is 10.5 Å². The number of nitrogens with one attached hydrogen (secondary N) is 1. The molecule has 7 heteroatoms. The molecule has 0 aromatic carbocycles. The van der Waals surface area contributed by atoms with E-state index in [1.54, 1.807) is 13.3 Å². The van der Waals surface area contributed by atoms with E-state index in [1.165, 1.54) is 0 Å². The van der Waals surface area contributed by atoms with Crippen LogP contribution in [0.5, 0.6) is 0 Å². The van der Waals surface area contributed by atoms with Gasteiger partial charge in [-0.3, -0.25) is 10.5 Å². The van der Waals surface area contributed by atoms with Gasteiger partial charge >= 0.3 is 0 Å². The van der Waals surface area contributed by atoms with Crippen molar-refractivity contribution >= 4 is 11.6 Å². The van der Waals surface area contributed by atoms with Gasteiger partial charge < -0.3 is 9.47 Å². The molecule has 0 saturated carbocycles. The average molecular weight is 275 g/mol. The van der Waals surface area contributed by atoms with E-state index in [4.69, 9.17) is 26.9 Å². The fourth-order valence-electron chi connectivity index (χ4n) is 2.26. The SMILES string of the molecule is COCCn1ncc(Cl)c1C(NN)C1CCCO1. The standard InChI is InChI=1S/C11H19ClN4O2/c1-17-6-4-16-11(8(12)7-14-16)10(15-13)9-3-2-5-18-9/h7,9-10,15H,2-6,13H2,1H3. The minimum Gasteiger partial charge on any atom is -0.383 e. The Hall–Kier alpha value is -0.660. The summed E-state index contributed by atoms with van der Waals surface area (Å²) in [6.45, 7) is 1.99. The van der Waals surface area contributed by atoms with Gasteiger partial charge in [0, 0.05) is 13.7 Å². The summed E-state index contributed by atoms with van der Waals surface area (Å²) in [5, 5.41) is 4.85. The highest BCUT2D eigenvalue weighted by atomic mass is 35.5. The summed E-state index contributed by atoms with van der Waals surface area (Å²) in [7, 11) is 1.66. The lowest BCUT2D eigenvalue weighted by molar-refractivity contribution is 0.0747. The third kappa shape index (κ3) is 2.84. The largest absolute Gasteiger partial charge is 0.383 e. The molecule has 0 aliphatic carbocycles. The normalized spacial score (nSPS) is 21.4. The predicted molar refractivity (Wildman–Crippen MR) is 68.2 cm³/mol. The summed E-state index contributed by atoms with van der Waals surface area (Å²) in [4.78, 5) is 0. The molecule has 2 atom stereocenters. The van der Waals surface area contributed by atoms with Gasteiger partial charge in [0.25, 0.3) is 0 Å². The lowest BCUT2D eigenvalue weighted by atomic mass is 10.1. The van der Waals surface area contributed by atoms with Crippen molar-refractivity contribution in [1.82, 2.24) is 15.2 Å². The minimum atomic E-state index is -0.139. The number of halogens is 1. The molecule has 102 valence electrons. The number of nitrogens with two attached hydrogens (primary N) is 1. The topological polar surface area (TPSA) is 74.3 Å². The number of hydrogen-bond donors (Lipinski definition) is 2. The molecule has 1 fully saturated rings. The molecule has 1 aliphatic heterocycles. The number of ether oxygens (including phenoxy) is 2. The van der Waals surface area contributed by atoms with Crippen molar-refractivity contribution in [1.29, 1.82) is 0 Å². The molecule has 1 saturated heterocycles. The van der Waals surface area contributed by atoms with Crippen LogP contribution in [-0.2, 0) is 16.0 Å². The molecule has 2 rings (SSSR count). The van der Waals surface area contributed by atoms with Crippen LogP contribution in [0.2, 0.25) is 5.02 Å². The van der Waals surface area contributed by atoms with E-state index in [-0.39, 0.29) is 12.1 Å². The third-order valence-electron chi connectivity index (χ3n) is 3.15. The molecule has 2 heterocycles. The van der Waals surface area contributed by atoms with Gasteiger partial charge in [-0.15, -0.1) is 0 Å². The van der Waals surface area contributed by atoms with Crippen LogP contribution in [0.15, 0.2) is 6.20 Å². The quantitative estimate of drug-likeness (QED) is 0.595. The van der Waals surface area contributed by atoms with Crippen molar-refractivity contribution < 1.29 is 9.47 Å². The van der Waals surface area contributed by atoms with Crippen LogP contribution in [0.25, 0.3) is 0 Å². The smallest absolute Gasteiger partial charge is 0.0905 e. The number of aromatic nitrogens is 2. The first kappa shape index (κ1) is 13.8. The van der Waals surface area contributed by atoms with Crippen LogP contribution in [0.1, 0.15) is 24.6 Å². The second-order valence-electron chi connectivity index (χ2n) is 4.29. The summed E-state index contributed by atoms with van der Waals surface area (Å²) in [6.07, 6.45) is 3.70.